The fourth-order valence-corrected chi connectivity index (χ4v) is 3.66. The Morgan fingerprint density at radius 2 is 1.88 bits per heavy atom. The van der Waals surface area contributed by atoms with Gasteiger partial charge in [-0.3, -0.25) is 4.79 Å². The number of carbonyl (C=O) groups excluding carboxylic acids is 1. The molecule has 32 heavy (non-hydrogen) atoms. The zero-order valence-corrected chi connectivity index (χ0v) is 20.7. The molecule has 3 aromatic carbocycles. The minimum Gasteiger partial charge on any atom is -0.507 e. The number of benzene rings is 3. The average Bonchev–Trinajstić information content (AvgIpc) is 2.77. The van der Waals surface area contributed by atoms with Crippen LogP contribution in [0, 0.1) is 17.4 Å². The van der Waals surface area contributed by atoms with Gasteiger partial charge in [0.1, 0.15) is 23.9 Å². The number of carbonyl (C=O) groups is 1. The van der Waals surface area contributed by atoms with E-state index in [4.69, 9.17) is 21.1 Å². The Balaban J connectivity index is 1.71. The van der Waals surface area contributed by atoms with Crippen molar-refractivity contribution >= 4 is 46.3 Å². The lowest BCUT2D eigenvalue weighted by atomic mass is 10.1. The van der Waals surface area contributed by atoms with Gasteiger partial charge in [0, 0.05) is 14.2 Å². The molecule has 0 aliphatic rings. The van der Waals surface area contributed by atoms with Crippen molar-refractivity contribution in [1.82, 2.24) is 5.43 Å². The van der Waals surface area contributed by atoms with E-state index in [2.05, 4.69) is 33.1 Å². The van der Waals surface area contributed by atoms with Gasteiger partial charge in [-0.05, 0) is 102 Å². The van der Waals surface area contributed by atoms with E-state index in [1.54, 1.807) is 19.2 Å². The summed E-state index contributed by atoms with van der Waals surface area (Å²) in [5.41, 5.74) is 6.06. The van der Waals surface area contributed by atoms with E-state index < -0.39 is 5.91 Å². The Morgan fingerprint density at radius 1 is 1.16 bits per heavy atom. The smallest absolute Gasteiger partial charge is 0.275 e. The van der Waals surface area contributed by atoms with Gasteiger partial charge < -0.3 is 14.6 Å². The molecule has 0 saturated carbocycles. The van der Waals surface area contributed by atoms with Crippen LogP contribution in [0.3, 0.4) is 0 Å². The van der Waals surface area contributed by atoms with Gasteiger partial charge in [0.25, 0.3) is 5.91 Å². The molecule has 0 aliphatic heterocycles. The molecule has 8 heteroatoms. The summed E-state index contributed by atoms with van der Waals surface area (Å²) < 4.78 is 12.2. The third-order valence-corrected chi connectivity index (χ3v) is 5.96. The number of hydrazone groups is 1. The van der Waals surface area contributed by atoms with E-state index in [9.17, 15) is 9.90 Å². The van der Waals surface area contributed by atoms with E-state index in [0.29, 0.717) is 5.75 Å². The number of aromatic hydroxyl groups is 1. The minimum absolute atomic E-state index is 0.102. The van der Waals surface area contributed by atoms with Gasteiger partial charge >= 0.3 is 0 Å². The first-order valence-corrected chi connectivity index (χ1v) is 11.1. The number of hydrogen-bond acceptors (Lipinski definition) is 5. The number of rotatable bonds is 7. The molecule has 0 atom stereocenters. The number of methoxy groups -OCH3 is 1. The van der Waals surface area contributed by atoms with Crippen molar-refractivity contribution in [1.29, 1.82) is 0 Å². The molecule has 0 saturated heterocycles. The summed E-state index contributed by atoms with van der Waals surface area (Å²) in [7, 11) is 1.59. The summed E-state index contributed by atoms with van der Waals surface area (Å²) in [6, 6.07) is 14.1. The third-order valence-electron chi connectivity index (χ3n) is 4.69. The summed E-state index contributed by atoms with van der Waals surface area (Å²) in [4.78, 5) is 12.3. The van der Waals surface area contributed by atoms with Gasteiger partial charge in [-0.25, -0.2) is 5.43 Å². The molecule has 3 aromatic rings. The number of ether oxygens (including phenoxy) is 2. The standard InChI is InChI=1S/C24H22ClIN2O4/c1-14-8-19(9-15(2)23(14)25)32-13-17-10-16(4-7-22(17)31-3)12-27-28-24(30)20-11-18(26)5-6-21(20)29/h4-12,29H,13H2,1-3H3,(H,28,30). The quantitative estimate of drug-likeness (QED) is 0.222. The summed E-state index contributed by atoms with van der Waals surface area (Å²) >= 11 is 8.30. The van der Waals surface area contributed by atoms with Gasteiger partial charge in [0.2, 0.25) is 0 Å². The molecule has 0 fully saturated rings. The molecular weight excluding hydrogens is 543 g/mol. The number of phenols is 1. The fraction of sp³-hybridized carbons (Fsp3) is 0.167. The largest absolute Gasteiger partial charge is 0.507 e. The molecule has 0 heterocycles. The highest BCUT2D eigenvalue weighted by molar-refractivity contribution is 14.1. The van der Waals surface area contributed by atoms with Crippen LogP contribution in [-0.2, 0) is 6.61 Å². The predicted octanol–water partition coefficient (Wildman–Crippen LogP) is 5.62. The van der Waals surface area contributed by atoms with Crippen molar-refractivity contribution in [3.63, 3.8) is 0 Å². The van der Waals surface area contributed by atoms with Crippen LogP contribution in [0.25, 0.3) is 0 Å². The zero-order chi connectivity index (χ0) is 23.3. The van der Waals surface area contributed by atoms with Crippen LogP contribution in [0.2, 0.25) is 5.02 Å². The summed E-state index contributed by atoms with van der Waals surface area (Å²) in [5, 5.41) is 14.6. The van der Waals surface area contributed by atoms with Gasteiger partial charge in [-0.15, -0.1) is 0 Å². The zero-order valence-electron chi connectivity index (χ0n) is 17.8. The van der Waals surface area contributed by atoms with Crippen LogP contribution in [-0.4, -0.2) is 24.3 Å². The molecule has 1 amide bonds. The van der Waals surface area contributed by atoms with Crippen LogP contribution >= 0.6 is 34.2 Å². The van der Waals surface area contributed by atoms with Crippen LogP contribution in [0.1, 0.15) is 32.6 Å². The Hall–Kier alpha value is -2.78. The third kappa shape index (κ3) is 5.92. The molecule has 6 nitrogen and oxygen atoms in total. The number of hydrogen-bond donors (Lipinski definition) is 2. The highest BCUT2D eigenvalue weighted by Crippen LogP contribution is 2.28. The highest BCUT2D eigenvalue weighted by Gasteiger charge is 2.11. The molecule has 0 aromatic heterocycles. The Morgan fingerprint density at radius 3 is 2.56 bits per heavy atom. The molecule has 0 spiro atoms. The number of amides is 1. The monoisotopic (exact) mass is 564 g/mol. The Kier molecular flexibility index (Phi) is 7.98. The minimum atomic E-state index is -0.497. The lowest BCUT2D eigenvalue weighted by Crippen LogP contribution is -2.17. The van der Waals surface area contributed by atoms with Crippen LogP contribution in [0.4, 0.5) is 0 Å². The van der Waals surface area contributed by atoms with Gasteiger partial charge in [0.15, 0.2) is 0 Å². The lowest BCUT2D eigenvalue weighted by Gasteiger charge is -2.13. The number of nitrogens with one attached hydrogen (secondary N) is 1. The normalized spacial score (nSPS) is 10.9. The van der Waals surface area contributed by atoms with Crippen LogP contribution in [0.15, 0.2) is 53.6 Å². The van der Waals surface area contributed by atoms with E-state index in [0.717, 1.165) is 36.6 Å². The summed E-state index contributed by atoms with van der Waals surface area (Å²) in [5.74, 6) is 0.796. The first kappa shape index (κ1) is 23.9. The van der Waals surface area contributed by atoms with Crippen molar-refractivity contribution < 1.29 is 19.4 Å². The highest BCUT2D eigenvalue weighted by atomic mass is 127. The van der Waals surface area contributed by atoms with Crippen molar-refractivity contribution in [3.8, 4) is 17.2 Å². The van der Waals surface area contributed by atoms with Gasteiger partial charge in [0.05, 0.1) is 18.9 Å². The van der Waals surface area contributed by atoms with Gasteiger partial charge in [-0.2, -0.15) is 5.10 Å². The molecule has 166 valence electrons. The SMILES string of the molecule is COc1ccc(C=NNC(=O)c2cc(I)ccc2O)cc1COc1cc(C)c(Cl)c(C)c1. The van der Waals surface area contributed by atoms with Crippen molar-refractivity contribution in [2.24, 2.45) is 5.10 Å². The fourth-order valence-electron chi connectivity index (χ4n) is 3.06. The topological polar surface area (TPSA) is 80.2 Å². The maximum Gasteiger partial charge on any atom is 0.275 e. The second-order valence-corrected chi connectivity index (χ2v) is 8.72. The molecule has 0 radical (unpaired) electrons. The second-order valence-electron chi connectivity index (χ2n) is 7.09. The van der Waals surface area contributed by atoms with Crippen molar-refractivity contribution in [2.75, 3.05) is 7.11 Å². The molecule has 2 N–H and O–H groups in total. The molecular formula is C24H22ClIN2O4. The van der Waals surface area contributed by atoms with Gasteiger partial charge in [-0.1, -0.05) is 11.6 Å². The second kappa shape index (κ2) is 10.7. The van der Waals surface area contributed by atoms with E-state index in [1.807, 2.05) is 44.2 Å². The number of halogens is 2. The van der Waals surface area contributed by atoms with Crippen LogP contribution < -0.4 is 14.9 Å². The lowest BCUT2D eigenvalue weighted by molar-refractivity contribution is 0.0952. The first-order chi connectivity index (χ1) is 15.3. The Labute approximate surface area is 205 Å². The maximum absolute atomic E-state index is 12.3. The van der Waals surface area contributed by atoms with E-state index in [1.165, 1.54) is 12.3 Å². The van der Waals surface area contributed by atoms with E-state index >= 15 is 0 Å². The van der Waals surface area contributed by atoms with Crippen molar-refractivity contribution in [3.05, 3.63) is 84.9 Å². The molecule has 0 bridgehead atoms. The average molecular weight is 565 g/mol. The van der Waals surface area contributed by atoms with E-state index in [-0.39, 0.29) is 17.9 Å². The van der Waals surface area contributed by atoms with Crippen molar-refractivity contribution in [2.45, 2.75) is 20.5 Å². The molecule has 0 aliphatic carbocycles. The number of aryl methyl sites for hydroxylation is 2. The molecule has 3 rings (SSSR count). The number of phenolic OH excluding ortho intramolecular Hbond substituents is 1. The molecule has 0 unspecified atom stereocenters. The first-order valence-electron chi connectivity index (χ1n) is 9.67. The summed E-state index contributed by atoms with van der Waals surface area (Å²) in [6.45, 7) is 4.16. The Bertz CT molecular complexity index is 1160. The van der Waals surface area contributed by atoms with Crippen LogP contribution in [0.5, 0.6) is 17.2 Å². The summed E-state index contributed by atoms with van der Waals surface area (Å²) in [6.07, 6.45) is 1.52. The number of nitrogens with zero attached hydrogens (tertiary/aromatic N) is 1. The predicted molar refractivity (Wildman–Crippen MR) is 134 cm³/mol. The maximum atomic E-state index is 12.3.